The molecule has 1 aromatic rings. The van der Waals surface area contributed by atoms with Crippen LogP contribution in [0.3, 0.4) is 0 Å². The van der Waals surface area contributed by atoms with E-state index in [9.17, 15) is 13.2 Å². The summed E-state index contributed by atoms with van der Waals surface area (Å²) in [6.45, 7) is 0.617. The molecule has 112 valence electrons. The maximum Gasteiger partial charge on any atom is 0.223 e. The van der Waals surface area contributed by atoms with Crippen molar-refractivity contribution in [3.05, 3.63) is 29.3 Å². The molecule has 0 fully saturated rings. The smallest absolute Gasteiger partial charge is 0.223 e. The van der Waals surface area contributed by atoms with E-state index in [0.717, 1.165) is 0 Å². The highest BCUT2D eigenvalue weighted by Crippen LogP contribution is 2.15. The van der Waals surface area contributed by atoms with Crippen molar-refractivity contribution < 1.29 is 17.9 Å². The molecule has 1 rings (SSSR count). The Bertz CT molecular complexity index is 528. The van der Waals surface area contributed by atoms with Crippen molar-refractivity contribution in [3.8, 4) is 5.75 Å². The van der Waals surface area contributed by atoms with Crippen LogP contribution in [0.15, 0.2) is 24.3 Å². The van der Waals surface area contributed by atoms with E-state index in [1.54, 1.807) is 24.3 Å². The van der Waals surface area contributed by atoms with Gasteiger partial charge in [0.15, 0.2) is 0 Å². The zero-order chi connectivity index (χ0) is 15.0. The van der Waals surface area contributed by atoms with Crippen molar-refractivity contribution in [1.82, 2.24) is 5.32 Å². The third kappa shape index (κ3) is 8.01. The van der Waals surface area contributed by atoms with Crippen LogP contribution in [0, 0.1) is 0 Å². The second kappa shape index (κ2) is 8.11. The van der Waals surface area contributed by atoms with Gasteiger partial charge in [-0.2, -0.15) is 0 Å². The fourth-order valence-electron chi connectivity index (χ4n) is 1.44. The van der Waals surface area contributed by atoms with Crippen molar-refractivity contribution in [3.63, 3.8) is 0 Å². The first-order valence-corrected chi connectivity index (χ1v) is 8.63. The normalized spacial score (nSPS) is 11.1. The molecule has 0 radical (unpaired) electrons. The first-order chi connectivity index (χ1) is 9.37. The number of hydrogen-bond donors (Lipinski definition) is 1. The van der Waals surface area contributed by atoms with E-state index < -0.39 is 9.84 Å². The van der Waals surface area contributed by atoms with Gasteiger partial charge in [0, 0.05) is 17.8 Å². The van der Waals surface area contributed by atoms with E-state index in [4.69, 9.17) is 16.3 Å². The third-order valence-electron chi connectivity index (χ3n) is 2.43. The highest BCUT2D eigenvalue weighted by atomic mass is 35.5. The first-order valence-electron chi connectivity index (χ1n) is 6.19. The van der Waals surface area contributed by atoms with Crippen molar-refractivity contribution in [2.24, 2.45) is 0 Å². The highest BCUT2D eigenvalue weighted by molar-refractivity contribution is 7.90. The molecule has 0 aromatic heterocycles. The van der Waals surface area contributed by atoms with Gasteiger partial charge in [-0.25, -0.2) is 8.42 Å². The summed E-state index contributed by atoms with van der Waals surface area (Å²) in [6.07, 6.45) is 1.82. The number of benzene rings is 1. The number of ether oxygens (including phenoxy) is 1. The van der Waals surface area contributed by atoms with Crippen LogP contribution in [0.5, 0.6) is 5.75 Å². The molecular formula is C13H18ClNO4S. The molecule has 5 nitrogen and oxygen atoms in total. The summed E-state index contributed by atoms with van der Waals surface area (Å²) in [7, 11) is -2.97. The van der Waals surface area contributed by atoms with Crippen LogP contribution in [0.4, 0.5) is 0 Å². The van der Waals surface area contributed by atoms with Gasteiger partial charge < -0.3 is 10.1 Å². The minimum absolute atomic E-state index is 0.0779. The van der Waals surface area contributed by atoms with E-state index in [0.29, 0.717) is 23.7 Å². The quantitative estimate of drug-likeness (QED) is 0.740. The Labute approximate surface area is 124 Å². The average molecular weight is 320 g/mol. The van der Waals surface area contributed by atoms with Crippen molar-refractivity contribution >= 4 is 27.3 Å². The van der Waals surface area contributed by atoms with Crippen LogP contribution in [-0.2, 0) is 14.6 Å². The molecule has 0 aliphatic carbocycles. The Balaban J connectivity index is 2.12. The molecule has 0 aliphatic heterocycles. The van der Waals surface area contributed by atoms with Crippen molar-refractivity contribution in [1.29, 1.82) is 0 Å². The summed E-state index contributed by atoms with van der Waals surface area (Å²) >= 11 is 5.74. The molecule has 20 heavy (non-hydrogen) atoms. The number of hydrogen-bond acceptors (Lipinski definition) is 4. The molecule has 1 N–H and O–H groups in total. The molecular weight excluding hydrogens is 302 g/mol. The average Bonchev–Trinajstić information content (AvgIpc) is 2.36. The zero-order valence-corrected chi connectivity index (χ0v) is 12.8. The molecule has 0 atom stereocenters. The summed E-state index contributed by atoms with van der Waals surface area (Å²) in [4.78, 5) is 11.5. The Hall–Kier alpha value is -1.27. The second-order valence-electron chi connectivity index (χ2n) is 4.39. The van der Waals surface area contributed by atoms with E-state index in [-0.39, 0.29) is 24.7 Å². The Morgan fingerprint density at radius 1 is 1.30 bits per heavy atom. The number of amides is 1. The van der Waals surface area contributed by atoms with Gasteiger partial charge in [-0.3, -0.25) is 4.79 Å². The first kappa shape index (κ1) is 16.8. The van der Waals surface area contributed by atoms with E-state index >= 15 is 0 Å². The summed E-state index contributed by atoms with van der Waals surface area (Å²) in [5.74, 6) is 0.570. The molecule has 0 saturated heterocycles. The number of rotatable bonds is 8. The van der Waals surface area contributed by atoms with Gasteiger partial charge in [0.25, 0.3) is 0 Å². The third-order valence-corrected chi connectivity index (χ3v) is 3.71. The van der Waals surface area contributed by atoms with Crippen LogP contribution < -0.4 is 10.1 Å². The monoisotopic (exact) mass is 319 g/mol. The lowest BCUT2D eigenvalue weighted by Crippen LogP contribution is -2.27. The van der Waals surface area contributed by atoms with Crippen LogP contribution in [0.1, 0.15) is 12.8 Å². The second-order valence-corrected chi connectivity index (χ2v) is 7.08. The Morgan fingerprint density at radius 3 is 2.55 bits per heavy atom. The minimum atomic E-state index is -2.97. The molecule has 0 heterocycles. The Kier molecular flexibility index (Phi) is 6.81. The summed E-state index contributed by atoms with van der Waals surface area (Å²) < 4.78 is 27.2. The summed E-state index contributed by atoms with van der Waals surface area (Å²) in [6, 6.07) is 6.88. The maximum atomic E-state index is 11.5. The van der Waals surface area contributed by atoms with Crippen LogP contribution >= 0.6 is 11.6 Å². The predicted octanol–water partition coefficient (Wildman–Crippen LogP) is 1.66. The fraction of sp³-hybridized carbons (Fsp3) is 0.462. The predicted molar refractivity (Wildman–Crippen MR) is 78.9 cm³/mol. The number of nitrogens with one attached hydrogen (secondary N) is 1. The lowest BCUT2D eigenvalue weighted by Gasteiger charge is -2.07. The number of halogens is 1. The maximum absolute atomic E-state index is 11.5. The lowest BCUT2D eigenvalue weighted by molar-refractivity contribution is -0.121. The topological polar surface area (TPSA) is 72.5 Å². The number of carbonyl (C=O) groups excluding carboxylic acids is 1. The van der Waals surface area contributed by atoms with Gasteiger partial charge in [0.2, 0.25) is 5.91 Å². The van der Waals surface area contributed by atoms with E-state index in [1.165, 1.54) is 6.26 Å². The van der Waals surface area contributed by atoms with Gasteiger partial charge >= 0.3 is 0 Å². The summed E-state index contributed by atoms with van der Waals surface area (Å²) in [5, 5.41) is 3.27. The highest BCUT2D eigenvalue weighted by Gasteiger charge is 2.04. The van der Waals surface area contributed by atoms with Gasteiger partial charge in [-0.05, 0) is 30.7 Å². The van der Waals surface area contributed by atoms with Gasteiger partial charge in [-0.15, -0.1) is 0 Å². The van der Waals surface area contributed by atoms with Crippen molar-refractivity contribution in [2.45, 2.75) is 12.8 Å². The molecule has 7 heteroatoms. The van der Waals surface area contributed by atoms with E-state index in [1.807, 2.05) is 0 Å². The van der Waals surface area contributed by atoms with Crippen molar-refractivity contribution in [2.75, 3.05) is 25.2 Å². The standard InChI is InChI=1S/C13H18ClNO4S/c1-20(17,18)10-2-8-15-13(16)7-9-19-12-5-3-11(14)4-6-12/h3-6H,2,7-10H2,1H3,(H,15,16). The molecule has 0 spiro atoms. The molecule has 0 aliphatic rings. The molecule has 0 bridgehead atoms. The van der Waals surface area contributed by atoms with Gasteiger partial charge in [0.1, 0.15) is 15.6 Å². The molecule has 1 aromatic carbocycles. The summed E-state index contributed by atoms with van der Waals surface area (Å²) in [5.41, 5.74) is 0. The zero-order valence-electron chi connectivity index (χ0n) is 11.3. The SMILES string of the molecule is CS(=O)(=O)CCCNC(=O)CCOc1ccc(Cl)cc1. The van der Waals surface area contributed by atoms with Crippen LogP contribution in [0.2, 0.25) is 5.02 Å². The number of sulfone groups is 1. The lowest BCUT2D eigenvalue weighted by atomic mass is 10.3. The molecule has 0 unspecified atom stereocenters. The largest absolute Gasteiger partial charge is 0.493 e. The van der Waals surface area contributed by atoms with Gasteiger partial charge in [-0.1, -0.05) is 11.6 Å². The van der Waals surface area contributed by atoms with Gasteiger partial charge in [0.05, 0.1) is 18.8 Å². The van der Waals surface area contributed by atoms with Crippen LogP contribution in [0.25, 0.3) is 0 Å². The Morgan fingerprint density at radius 2 is 1.95 bits per heavy atom. The fourth-order valence-corrected chi connectivity index (χ4v) is 2.24. The minimum Gasteiger partial charge on any atom is -0.493 e. The molecule has 0 saturated carbocycles. The van der Waals surface area contributed by atoms with E-state index in [2.05, 4.69) is 5.32 Å². The number of carbonyl (C=O) groups is 1. The van der Waals surface area contributed by atoms with Crippen LogP contribution in [-0.4, -0.2) is 39.5 Å². The molecule has 1 amide bonds.